The lowest BCUT2D eigenvalue weighted by atomic mass is 9.97. The van der Waals surface area contributed by atoms with Gasteiger partial charge in [0.05, 0.1) is 11.6 Å². The van der Waals surface area contributed by atoms with Crippen molar-refractivity contribution in [3.63, 3.8) is 0 Å². The molecule has 0 saturated carbocycles. The fourth-order valence-electron chi connectivity index (χ4n) is 3.05. The quantitative estimate of drug-likeness (QED) is 0.838. The third-order valence-corrected chi connectivity index (χ3v) is 4.72. The van der Waals surface area contributed by atoms with Gasteiger partial charge in [0.15, 0.2) is 5.60 Å². The number of ether oxygens (including phenoxy) is 1. The van der Waals surface area contributed by atoms with Crippen LogP contribution in [0.15, 0.2) is 42.5 Å². The molecule has 0 aromatic heterocycles. The zero-order valence-corrected chi connectivity index (χ0v) is 15.0. The number of nitrogens with zero attached hydrogens (tertiary/aromatic N) is 2. The number of hydrogen-bond donors (Lipinski definition) is 0. The summed E-state index contributed by atoms with van der Waals surface area (Å²) in [5.74, 6) is 0.500. The molecule has 0 aliphatic carbocycles. The number of amides is 1. The molecule has 0 saturated heterocycles. The van der Waals surface area contributed by atoms with E-state index in [0.717, 1.165) is 22.6 Å². The van der Waals surface area contributed by atoms with E-state index in [4.69, 9.17) is 21.6 Å². The average molecular weight is 355 g/mol. The number of benzene rings is 2. The Bertz CT molecular complexity index is 838. The second kappa shape index (κ2) is 6.78. The van der Waals surface area contributed by atoms with Gasteiger partial charge in [-0.05, 0) is 61.7 Å². The highest BCUT2D eigenvalue weighted by Gasteiger charge is 2.35. The largest absolute Gasteiger partial charge is 0.478 e. The Balaban J connectivity index is 1.74. The van der Waals surface area contributed by atoms with Crippen LogP contribution in [-0.4, -0.2) is 23.0 Å². The van der Waals surface area contributed by atoms with Gasteiger partial charge in [-0.15, -0.1) is 0 Å². The Kier molecular flexibility index (Phi) is 4.69. The molecule has 4 nitrogen and oxygen atoms in total. The predicted octanol–water partition coefficient (Wildman–Crippen LogP) is 3.95. The van der Waals surface area contributed by atoms with Crippen LogP contribution in [0.5, 0.6) is 5.75 Å². The molecule has 0 unspecified atom stereocenters. The van der Waals surface area contributed by atoms with Crippen molar-refractivity contribution in [2.75, 3.05) is 6.54 Å². The van der Waals surface area contributed by atoms with Crippen LogP contribution in [0.3, 0.4) is 0 Å². The van der Waals surface area contributed by atoms with Crippen molar-refractivity contribution >= 4 is 17.5 Å². The predicted molar refractivity (Wildman–Crippen MR) is 96.4 cm³/mol. The fourth-order valence-corrected chi connectivity index (χ4v) is 3.34. The van der Waals surface area contributed by atoms with Crippen molar-refractivity contribution in [1.82, 2.24) is 4.90 Å². The summed E-state index contributed by atoms with van der Waals surface area (Å²) >= 11 is 6.24. The van der Waals surface area contributed by atoms with E-state index in [2.05, 4.69) is 6.07 Å². The summed E-state index contributed by atoms with van der Waals surface area (Å²) in [6, 6.07) is 14.6. The highest BCUT2D eigenvalue weighted by atomic mass is 35.5. The summed E-state index contributed by atoms with van der Waals surface area (Å²) in [4.78, 5) is 14.8. The van der Waals surface area contributed by atoms with Crippen LogP contribution in [0.4, 0.5) is 0 Å². The van der Waals surface area contributed by atoms with E-state index in [-0.39, 0.29) is 5.91 Å². The van der Waals surface area contributed by atoms with Gasteiger partial charge in [0, 0.05) is 18.1 Å². The number of halogens is 1. The molecule has 2 aromatic rings. The molecule has 0 fully saturated rings. The van der Waals surface area contributed by atoms with Crippen LogP contribution in [0.25, 0.3) is 0 Å². The standard InChI is InChI=1S/C20H19ClN2O2/c1-20(2,25-16-8-6-14(12-22)7-9-16)19(24)23-11-10-17-15(13-23)4-3-5-18(17)21/h3-9H,10-11,13H2,1-2H3. The molecule has 0 spiro atoms. The molecule has 2 aromatic carbocycles. The first-order chi connectivity index (χ1) is 11.9. The van der Waals surface area contributed by atoms with Crippen molar-refractivity contribution < 1.29 is 9.53 Å². The van der Waals surface area contributed by atoms with Crippen LogP contribution < -0.4 is 4.74 Å². The Morgan fingerprint density at radius 2 is 1.96 bits per heavy atom. The van der Waals surface area contributed by atoms with Gasteiger partial charge in [0.1, 0.15) is 5.75 Å². The minimum atomic E-state index is -0.996. The summed E-state index contributed by atoms with van der Waals surface area (Å²) in [5.41, 5.74) is 1.77. The van der Waals surface area contributed by atoms with E-state index in [1.807, 2.05) is 23.1 Å². The van der Waals surface area contributed by atoms with Crippen molar-refractivity contribution in [3.05, 3.63) is 64.2 Å². The van der Waals surface area contributed by atoms with Gasteiger partial charge in [-0.25, -0.2) is 0 Å². The van der Waals surface area contributed by atoms with Crippen molar-refractivity contribution in [2.45, 2.75) is 32.4 Å². The molecular weight excluding hydrogens is 336 g/mol. The van der Waals surface area contributed by atoms with Gasteiger partial charge in [-0.3, -0.25) is 4.79 Å². The molecule has 0 bridgehead atoms. The van der Waals surface area contributed by atoms with Gasteiger partial charge in [0.25, 0.3) is 5.91 Å². The van der Waals surface area contributed by atoms with E-state index in [0.29, 0.717) is 24.4 Å². The molecular formula is C20H19ClN2O2. The smallest absolute Gasteiger partial charge is 0.266 e. The van der Waals surface area contributed by atoms with Crippen LogP contribution in [0.2, 0.25) is 5.02 Å². The van der Waals surface area contributed by atoms with Crippen LogP contribution in [0, 0.1) is 11.3 Å². The van der Waals surface area contributed by atoms with Gasteiger partial charge in [0.2, 0.25) is 0 Å². The topological polar surface area (TPSA) is 53.3 Å². The van der Waals surface area contributed by atoms with Crippen LogP contribution in [-0.2, 0) is 17.8 Å². The van der Waals surface area contributed by atoms with Gasteiger partial charge >= 0.3 is 0 Å². The maximum Gasteiger partial charge on any atom is 0.266 e. The first-order valence-corrected chi connectivity index (χ1v) is 8.53. The lowest BCUT2D eigenvalue weighted by molar-refractivity contribution is -0.146. The third-order valence-electron chi connectivity index (χ3n) is 4.37. The fraction of sp³-hybridized carbons (Fsp3) is 0.300. The summed E-state index contributed by atoms with van der Waals surface area (Å²) in [6.07, 6.45) is 0.744. The SMILES string of the molecule is CC(C)(Oc1ccc(C#N)cc1)C(=O)N1CCc2c(Cl)cccc2C1. The molecule has 0 radical (unpaired) electrons. The van der Waals surface area contributed by atoms with Crippen molar-refractivity contribution in [2.24, 2.45) is 0 Å². The van der Waals surface area contributed by atoms with E-state index < -0.39 is 5.60 Å². The number of rotatable bonds is 3. The Morgan fingerprint density at radius 3 is 2.64 bits per heavy atom. The highest BCUT2D eigenvalue weighted by Crippen LogP contribution is 2.28. The first kappa shape index (κ1) is 17.3. The second-order valence-electron chi connectivity index (χ2n) is 6.60. The highest BCUT2D eigenvalue weighted by molar-refractivity contribution is 6.31. The van der Waals surface area contributed by atoms with Crippen LogP contribution >= 0.6 is 11.6 Å². The first-order valence-electron chi connectivity index (χ1n) is 8.15. The number of fused-ring (bicyclic) bond motifs is 1. The minimum absolute atomic E-state index is 0.0671. The minimum Gasteiger partial charge on any atom is -0.478 e. The third kappa shape index (κ3) is 3.62. The Hall–Kier alpha value is -2.51. The van der Waals surface area contributed by atoms with E-state index in [1.165, 1.54) is 0 Å². The molecule has 1 heterocycles. The summed E-state index contributed by atoms with van der Waals surface area (Å²) in [7, 11) is 0. The zero-order chi connectivity index (χ0) is 18.0. The normalized spacial score (nSPS) is 13.8. The average Bonchev–Trinajstić information content (AvgIpc) is 2.61. The Labute approximate surface area is 152 Å². The molecule has 1 aliphatic rings. The molecule has 5 heteroatoms. The molecule has 25 heavy (non-hydrogen) atoms. The summed E-state index contributed by atoms with van der Waals surface area (Å²) in [5, 5.41) is 9.62. The second-order valence-corrected chi connectivity index (χ2v) is 7.01. The number of hydrogen-bond acceptors (Lipinski definition) is 3. The van der Waals surface area contributed by atoms with E-state index >= 15 is 0 Å². The molecule has 3 rings (SSSR count). The molecule has 128 valence electrons. The summed E-state index contributed by atoms with van der Waals surface area (Å²) < 4.78 is 5.90. The summed E-state index contributed by atoms with van der Waals surface area (Å²) in [6.45, 7) is 4.69. The lowest BCUT2D eigenvalue weighted by Crippen LogP contribution is -2.50. The molecule has 0 atom stereocenters. The maximum atomic E-state index is 13.0. The zero-order valence-electron chi connectivity index (χ0n) is 14.3. The van der Waals surface area contributed by atoms with Crippen LogP contribution in [0.1, 0.15) is 30.5 Å². The lowest BCUT2D eigenvalue weighted by Gasteiger charge is -2.35. The van der Waals surface area contributed by atoms with Crippen molar-refractivity contribution in [3.8, 4) is 11.8 Å². The van der Waals surface area contributed by atoms with Gasteiger partial charge < -0.3 is 9.64 Å². The number of carbonyl (C=O) groups is 1. The maximum absolute atomic E-state index is 13.0. The molecule has 1 aliphatic heterocycles. The Morgan fingerprint density at radius 1 is 1.24 bits per heavy atom. The van der Waals surface area contributed by atoms with Gasteiger partial charge in [-0.1, -0.05) is 23.7 Å². The number of nitriles is 1. The van der Waals surface area contributed by atoms with Gasteiger partial charge in [-0.2, -0.15) is 5.26 Å². The number of carbonyl (C=O) groups excluding carboxylic acids is 1. The van der Waals surface area contributed by atoms with E-state index in [1.54, 1.807) is 38.1 Å². The van der Waals surface area contributed by atoms with Crippen molar-refractivity contribution in [1.29, 1.82) is 5.26 Å². The molecule has 0 N–H and O–H groups in total. The van der Waals surface area contributed by atoms with E-state index in [9.17, 15) is 4.79 Å². The monoisotopic (exact) mass is 354 g/mol. The molecule has 1 amide bonds.